The van der Waals surface area contributed by atoms with Crippen molar-refractivity contribution in [2.45, 2.75) is 62.6 Å². The predicted molar refractivity (Wildman–Crippen MR) is 168 cm³/mol. The topological polar surface area (TPSA) is 96.0 Å². The Labute approximate surface area is 261 Å². The van der Waals surface area contributed by atoms with E-state index in [2.05, 4.69) is 21.2 Å². The zero-order valence-corrected chi connectivity index (χ0v) is 26.8. The van der Waals surface area contributed by atoms with E-state index in [1.165, 1.54) is 30.2 Å². The van der Waals surface area contributed by atoms with Crippen LogP contribution in [-0.4, -0.2) is 50.9 Å². The van der Waals surface area contributed by atoms with Crippen LogP contribution >= 0.6 is 27.5 Å². The molecular weight excluding hydrogens is 642 g/mol. The Kier molecular flexibility index (Phi) is 10.9. The first kappa shape index (κ1) is 31.8. The highest BCUT2D eigenvalue weighted by molar-refractivity contribution is 9.10. The average Bonchev–Trinajstić information content (AvgIpc) is 3.00. The van der Waals surface area contributed by atoms with E-state index >= 15 is 0 Å². The minimum absolute atomic E-state index is 0.00220. The smallest absolute Gasteiger partial charge is 0.264 e. The number of nitrogens with one attached hydrogen (secondary N) is 1. The van der Waals surface area contributed by atoms with Gasteiger partial charge in [0.2, 0.25) is 11.8 Å². The van der Waals surface area contributed by atoms with E-state index in [4.69, 9.17) is 16.3 Å². The van der Waals surface area contributed by atoms with Gasteiger partial charge in [-0.25, -0.2) is 8.42 Å². The van der Waals surface area contributed by atoms with E-state index in [-0.39, 0.29) is 39.8 Å². The molecule has 0 aromatic heterocycles. The lowest BCUT2D eigenvalue weighted by molar-refractivity contribution is -0.139. The van der Waals surface area contributed by atoms with Crippen LogP contribution in [0.4, 0.5) is 5.69 Å². The Bertz CT molecular complexity index is 1480. The van der Waals surface area contributed by atoms with Gasteiger partial charge in [0.1, 0.15) is 18.3 Å². The fourth-order valence-corrected chi connectivity index (χ4v) is 6.90. The summed E-state index contributed by atoms with van der Waals surface area (Å²) in [4.78, 5) is 29.0. The van der Waals surface area contributed by atoms with E-state index in [9.17, 15) is 18.0 Å². The fourth-order valence-electron chi connectivity index (χ4n) is 5.03. The first-order valence-electron chi connectivity index (χ1n) is 13.9. The van der Waals surface area contributed by atoms with Gasteiger partial charge < -0.3 is 15.0 Å². The number of hydrogen-bond acceptors (Lipinski definition) is 5. The van der Waals surface area contributed by atoms with Crippen LogP contribution in [0.15, 0.2) is 82.2 Å². The van der Waals surface area contributed by atoms with Gasteiger partial charge in [-0.05, 0) is 67.8 Å². The molecule has 224 valence electrons. The SMILES string of the molecule is COc1ccc(Cl)cc1N(CC(=O)N(Cc1ccc(Br)cc1)C(C)C(=O)NC1CCCCC1)S(=O)(=O)c1ccccc1. The molecule has 0 spiro atoms. The molecule has 0 aliphatic heterocycles. The van der Waals surface area contributed by atoms with Crippen molar-refractivity contribution in [2.24, 2.45) is 0 Å². The average molecular weight is 677 g/mol. The molecule has 42 heavy (non-hydrogen) atoms. The lowest BCUT2D eigenvalue weighted by atomic mass is 9.95. The summed E-state index contributed by atoms with van der Waals surface area (Å²) in [6.45, 7) is 1.20. The van der Waals surface area contributed by atoms with Gasteiger partial charge in [-0.3, -0.25) is 13.9 Å². The molecule has 1 aliphatic rings. The number of amides is 2. The Morgan fingerprint density at radius 3 is 2.33 bits per heavy atom. The number of nitrogens with zero attached hydrogens (tertiary/aromatic N) is 2. The van der Waals surface area contributed by atoms with Crippen LogP contribution in [-0.2, 0) is 26.2 Å². The van der Waals surface area contributed by atoms with Crippen molar-refractivity contribution in [3.05, 3.63) is 87.9 Å². The highest BCUT2D eigenvalue weighted by Crippen LogP contribution is 2.35. The summed E-state index contributed by atoms with van der Waals surface area (Å²) >= 11 is 9.72. The summed E-state index contributed by atoms with van der Waals surface area (Å²) in [5.74, 6) is -0.592. The lowest BCUT2D eigenvalue weighted by Crippen LogP contribution is -2.53. The molecule has 1 aliphatic carbocycles. The number of sulfonamides is 1. The Hall–Kier alpha value is -3.08. The molecule has 1 atom stereocenters. The highest BCUT2D eigenvalue weighted by Gasteiger charge is 2.34. The van der Waals surface area contributed by atoms with Crippen LogP contribution in [0.25, 0.3) is 0 Å². The molecule has 11 heteroatoms. The summed E-state index contributed by atoms with van der Waals surface area (Å²) < 4.78 is 35.4. The normalized spacial score (nSPS) is 14.6. The number of anilines is 1. The minimum atomic E-state index is -4.24. The molecule has 1 saturated carbocycles. The summed E-state index contributed by atoms with van der Waals surface area (Å²) in [6.07, 6.45) is 5.05. The summed E-state index contributed by atoms with van der Waals surface area (Å²) in [5, 5.41) is 3.38. The molecule has 1 unspecified atom stereocenters. The van der Waals surface area contributed by atoms with E-state index in [1.807, 2.05) is 24.3 Å². The molecule has 1 fully saturated rings. The monoisotopic (exact) mass is 675 g/mol. The van der Waals surface area contributed by atoms with Crippen LogP contribution in [0.5, 0.6) is 5.75 Å². The van der Waals surface area contributed by atoms with Crippen molar-refractivity contribution in [3.8, 4) is 5.75 Å². The molecule has 0 saturated heterocycles. The van der Waals surface area contributed by atoms with Gasteiger partial charge in [0.25, 0.3) is 10.0 Å². The van der Waals surface area contributed by atoms with Crippen LogP contribution in [0.3, 0.4) is 0 Å². The number of methoxy groups -OCH3 is 1. The van der Waals surface area contributed by atoms with Gasteiger partial charge in [-0.2, -0.15) is 0 Å². The molecule has 1 N–H and O–H groups in total. The lowest BCUT2D eigenvalue weighted by Gasteiger charge is -2.33. The van der Waals surface area contributed by atoms with Crippen LogP contribution in [0.2, 0.25) is 5.02 Å². The van der Waals surface area contributed by atoms with Gasteiger partial charge >= 0.3 is 0 Å². The molecule has 0 bridgehead atoms. The molecule has 2 amide bonds. The van der Waals surface area contributed by atoms with Crippen molar-refractivity contribution in [1.29, 1.82) is 0 Å². The Morgan fingerprint density at radius 2 is 1.69 bits per heavy atom. The maximum absolute atomic E-state index is 14.2. The number of carbonyl (C=O) groups excluding carboxylic acids is 2. The molecule has 3 aromatic rings. The molecule has 0 radical (unpaired) electrons. The summed E-state index contributed by atoms with van der Waals surface area (Å²) in [6, 6.07) is 19.1. The van der Waals surface area contributed by atoms with E-state index in [0.29, 0.717) is 0 Å². The number of benzene rings is 3. The van der Waals surface area contributed by atoms with Crippen molar-refractivity contribution >= 4 is 55.1 Å². The molecule has 3 aromatic carbocycles. The van der Waals surface area contributed by atoms with Gasteiger partial charge in [-0.15, -0.1) is 0 Å². The summed E-state index contributed by atoms with van der Waals surface area (Å²) in [5.41, 5.74) is 0.909. The largest absolute Gasteiger partial charge is 0.495 e. The molecule has 4 rings (SSSR count). The minimum Gasteiger partial charge on any atom is -0.495 e. The van der Waals surface area contributed by atoms with Crippen molar-refractivity contribution in [2.75, 3.05) is 18.0 Å². The maximum atomic E-state index is 14.2. The van der Waals surface area contributed by atoms with E-state index in [1.54, 1.807) is 37.3 Å². The molecule has 8 nitrogen and oxygen atoms in total. The van der Waals surface area contributed by atoms with Crippen LogP contribution in [0.1, 0.15) is 44.6 Å². The number of hydrogen-bond donors (Lipinski definition) is 1. The first-order valence-corrected chi connectivity index (χ1v) is 16.5. The van der Waals surface area contributed by atoms with E-state index < -0.39 is 28.5 Å². The van der Waals surface area contributed by atoms with Gasteiger partial charge in [0.05, 0.1) is 17.7 Å². The zero-order valence-electron chi connectivity index (χ0n) is 23.6. The third-order valence-electron chi connectivity index (χ3n) is 7.40. The fraction of sp³-hybridized carbons (Fsp3) is 0.355. The molecular formula is C31H35BrClN3O5S. The van der Waals surface area contributed by atoms with Gasteiger partial charge in [0.15, 0.2) is 0 Å². The third kappa shape index (κ3) is 7.85. The first-order chi connectivity index (χ1) is 20.1. The Balaban J connectivity index is 1.71. The van der Waals surface area contributed by atoms with Crippen LogP contribution in [0, 0.1) is 0 Å². The van der Waals surface area contributed by atoms with Crippen LogP contribution < -0.4 is 14.4 Å². The predicted octanol–water partition coefficient (Wildman–Crippen LogP) is 6.17. The second-order valence-corrected chi connectivity index (χ2v) is 13.5. The van der Waals surface area contributed by atoms with Gasteiger partial charge in [-0.1, -0.05) is 77.1 Å². The highest BCUT2D eigenvalue weighted by atomic mass is 79.9. The van der Waals surface area contributed by atoms with Crippen molar-refractivity contribution in [1.82, 2.24) is 10.2 Å². The Morgan fingerprint density at radius 1 is 1.02 bits per heavy atom. The number of rotatable bonds is 11. The van der Waals surface area contributed by atoms with Gasteiger partial charge in [0, 0.05) is 22.1 Å². The zero-order chi connectivity index (χ0) is 30.3. The second-order valence-electron chi connectivity index (χ2n) is 10.3. The maximum Gasteiger partial charge on any atom is 0.264 e. The second kappa shape index (κ2) is 14.4. The number of carbonyl (C=O) groups is 2. The summed E-state index contributed by atoms with van der Waals surface area (Å²) in [7, 11) is -2.82. The van der Waals surface area contributed by atoms with Crippen molar-refractivity contribution in [3.63, 3.8) is 0 Å². The van der Waals surface area contributed by atoms with Crippen molar-refractivity contribution < 1.29 is 22.7 Å². The van der Waals surface area contributed by atoms with E-state index in [0.717, 1.165) is 46.4 Å². The third-order valence-corrected chi connectivity index (χ3v) is 9.94. The standard InChI is InChI=1S/C31H35BrClN3O5S/c1-22(31(38)34-26-9-5-3-6-10-26)35(20-23-13-15-24(32)16-14-23)30(37)21-36(28-19-25(33)17-18-29(28)41-2)42(39,40)27-11-7-4-8-12-27/h4,7-8,11-19,22,26H,3,5-6,9-10,20-21H2,1-2H3,(H,34,38). The number of ether oxygens (including phenoxy) is 1. The quantitative estimate of drug-likeness (QED) is 0.262. The number of halogens is 2. The molecule has 0 heterocycles.